The van der Waals surface area contributed by atoms with Crippen LogP contribution in [0, 0.1) is 0 Å². The van der Waals surface area contributed by atoms with Crippen LogP contribution in [0.15, 0.2) is 22.7 Å². The van der Waals surface area contributed by atoms with Crippen molar-refractivity contribution < 1.29 is 0 Å². The summed E-state index contributed by atoms with van der Waals surface area (Å²) in [6, 6.07) is 8.06. The monoisotopic (exact) mass is 328 g/mol. The van der Waals surface area contributed by atoms with Crippen LogP contribution in [0.1, 0.15) is 26.2 Å². The molecule has 1 heterocycles. The molecule has 4 heteroatoms. The third-order valence-electron chi connectivity index (χ3n) is 3.93. The van der Waals surface area contributed by atoms with Gasteiger partial charge in [-0.25, -0.2) is 0 Å². The topological polar surface area (TPSA) is 15.3 Å². The molecule has 2 aliphatic rings. The standard InChI is InChI=1S/C14H18BrClN2/c1-9-6-11(8-18(9)12-3-4-12)17-14-5-2-10(16)7-13(14)15/h2,5,7,9,11-12,17H,3-4,6,8H2,1H3. The van der Waals surface area contributed by atoms with E-state index in [1.807, 2.05) is 12.1 Å². The number of nitrogens with zero attached hydrogens (tertiary/aromatic N) is 1. The first-order valence-electron chi connectivity index (χ1n) is 6.61. The molecule has 1 saturated heterocycles. The Balaban J connectivity index is 1.66. The van der Waals surface area contributed by atoms with Crippen molar-refractivity contribution in [1.29, 1.82) is 0 Å². The van der Waals surface area contributed by atoms with Crippen LogP contribution in [0.3, 0.4) is 0 Å². The van der Waals surface area contributed by atoms with E-state index < -0.39 is 0 Å². The van der Waals surface area contributed by atoms with Crippen LogP contribution < -0.4 is 5.32 Å². The highest BCUT2D eigenvalue weighted by molar-refractivity contribution is 9.10. The predicted molar refractivity (Wildman–Crippen MR) is 80.4 cm³/mol. The van der Waals surface area contributed by atoms with Gasteiger partial charge in [-0.2, -0.15) is 0 Å². The van der Waals surface area contributed by atoms with Gasteiger partial charge in [0, 0.05) is 39.9 Å². The van der Waals surface area contributed by atoms with E-state index in [-0.39, 0.29) is 0 Å². The van der Waals surface area contributed by atoms with E-state index in [4.69, 9.17) is 11.6 Å². The summed E-state index contributed by atoms with van der Waals surface area (Å²) in [5.74, 6) is 0. The number of rotatable bonds is 3. The number of anilines is 1. The maximum Gasteiger partial charge on any atom is 0.0488 e. The molecule has 2 fully saturated rings. The highest BCUT2D eigenvalue weighted by atomic mass is 79.9. The van der Waals surface area contributed by atoms with E-state index in [2.05, 4.69) is 39.1 Å². The Hall–Kier alpha value is -0.250. The van der Waals surface area contributed by atoms with Gasteiger partial charge < -0.3 is 5.32 Å². The Bertz CT molecular complexity index is 447. The highest BCUT2D eigenvalue weighted by Crippen LogP contribution is 2.35. The van der Waals surface area contributed by atoms with Gasteiger partial charge in [-0.3, -0.25) is 4.90 Å². The zero-order valence-electron chi connectivity index (χ0n) is 10.5. The van der Waals surface area contributed by atoms with Gasteiger partial charge in [-0.05, 0) is 60.3 Å². The molecule has 0 spiro atoms. The van der Waals surface area contributed by atoms with Crippen LogP contribution in [0.5, 0.6) is 0 Å². The molecule has 1 N–H and O–H groups in total. The lowest BCUT2D eigenvalue weighted by Gasteiger charge is -2.20. The second-order valence-corrected chi connectivity index (χ2v) is 6.77. The zero-order chi connectivity index (χ0) is 12.7. The van der Waals surface area contributed by atoms with Crippen LogP contribution in [-0.4, -0.2) is 29.6 Å². The molecule has 0 amide bonds. The molecule has 1 saturated carbocycles. The van der Waals surface area contributed by atoms with Gasteiger partial charge in [0.25, 0.3) is 0 Å². The molecule has 0 aromatic heterocycles. The molecule has 2 unspecified atom stereocenters. The van der Waals surface area contributed by atoms with Crippen LogP contribution in [0.4, 0.5) is 5.69 Å². The fraction of sp³-hybridized carbons (Fsp3) is 0.571. The molecule has 18 heavy (non-hydrogen) atoms. The summed E-state index contributed by atoms with van der Waals surface area (Å²) in [5, 5.41) is 4.40. The Kier molecular flexibility index (Phi) is 3.57. The van der Waals surface area contributed by atoms with Gasteiger partial charge in [0.2, 0.25) is 0 Å². The lowest BCUT2D eigenvalue weighted by atomic mass is 10.2. The second kappa shape index (κ2) is 5.03. The van der Waals surface area contributed by atoms with E-state index in [1.165, 1.54) is 25.8 Å². The maximum absolute atomic E-state index is 5.96. The predicted octanol–water partition coefficient (Wildman–Crippen LogP) is 4.14. The number of nitrogens with one attached hydrogen (secondary N) is 1. The third-order valence-corrected chi connectivity index (χ3v) is 4.82. The first kappa shape index (κ1) is 12.8. The van der Waals surface area contributed by atoms with Gasteiger partial charge in [0.15, 0.2) is 0 Å². The van der Waals surface area contributed by atoms with E-state index >= 15 is 0 Å². The molecule has 98 valence electrons. The van der Waals surface area contributed by atoms with E-state index in [9.17, 15) is 0 Å². The van der Waals surface area contributed by atoms with Crippen LogP contribution in [0.25, 0.3) is 0 Å². The third kappa shape index (κ3) is 2.68. The quantitative estimate of drug-likeness (QED) is 0.896. The summed E-state index contributed by atoms with van der Waals surface area (Å²) in [6.07, 6.45) is 4.01. The van der Waals surface area contributed by atoms with Crippen molar-refractivity contribution >= 4 is 33.2 Å². The summed E-state index contributed by atoms with van der Waals surface area (Å²) in [5.41, 5.74) is 1.15. The SMILES string of the molecule is CC1CC(Nc2ccc(Cl)cc2Br)CN1C1CC1. The van der Waals surface area contributed by atoms with Gasteiger partial charge in [0.1, 0.15) is 0 Å². The fourth-order valence-electron chi connectivity index (χ4n) is 2.90. The molecule has 0 radical (unpaired) electrons. The van der Waals surface area contributed by atoms with E-state index in [1.54, 1.807) is 0 Å². The molecule has 1 aliphatic carbocycles. The van der Waals surface area contributed by atoms with Crippen LogP contribution in [0.2, 0.25) is 5.02 Å². The average molecular weight is 330 g/mol. The van der Waals surface area contributed by atoms with Crippen molar-refractivity contribution in [3.05, 3.63) is 27.7 Å². The van der Waals surface area contributed by atoms with E-state index in [0.29, 0.717) is 12.1 Å². The largest absolute Gasteiger partial charge is 0.380 e. The summed E-state index contributed by atoms with van der Waals surface area (Å²) in [4.78, 5) is 2.65. The smallest absolute Gasteiger partial charge is 0.0488 e. The minimum Gasteiger partial charge on any atom is -0.380 e. The first-order valence-corrected chi connectivity index (χ1v) is 7.78. The lowest BCUT2D eigenvalue weighted by molar-refractivity contribution is 0.257. The fourth-order valence-corrected chi connectivity index (χ4v) is 3.70. The number of hydrogen-bond donors (Lipinski definition) is 1. The molecule has 1 aromatic rings. The maximum atomic E-state index is 5.96. The molecule has 2 atom stereocenters. The number of hydrogen-bond acceptors (Lipinski definition) is 2. The van der Waals surface area contributed by atoms with Crippen molar-refractivity contribution in [2.24, 2.45) is 0 Å². The summed E-state index contributed by atoms with van der Waals surface area (Å²) in [6.45, 7) is 3.51. The molecule has 1 aromatic carbocycles. The summed E-state index contributed by atoms with van der Waals surface area (Å²) in [7, 11) is 0. The normalized spacial score (nSPS) is 28.6. The van der Waals surface area contributed by atoms with Crippen molar-refractivity contribution in [3.8, 4) is 0 Å². The number of benzene rings is 1. The Morgan fingerprint density at radius 2 is 2.17 bits per heavy atom. The molecule has 2 nitrogen and oxygen atoms in total. The van der Waals surface area contributed by atoms with Crippen molar-refractivity contribution in [3.63, 3.8) is 0 Å². The highest BCUT2D eigenvalue weighted by Gasteiger charge is 2.38. The summed E-state index contributed by atoms with van der Waals surface area (Å²) >= 11 is 9.53. The van der Waals surface area contributed by atoms with Crippen LogP contribution >= 0.6 is 27.5 Å². The van der Waals surface area contributed by atoms with Crippen molar-refractivity contribution in [2.75, 3.05) is 11.9 Å². The minimum absolute atomic E-state index is 0.554. The second-order valence-electron chi connectivity index (χ2n) is 5.48. The van der Waals surface area contributed by atoms with Gasteiger partial charge in [-0.1, -0.05) is 11.6 Å². The average Bonchev–Trinajstić information content (AvgIpc) is 3.08. The Labute approximate surface area is 122 Å². The van der Waals surface area contributed by atoms with Gasteiger partial charge >= 0.3 is 0 Å². The Morgan fingerprint density at radius 1 is 1.39 bits per heavy atom. The first-order chi connectivity index (χ1) is 8.63. The van der Waals surface area contributed by atoms with E-state index in [0.717, 1.165) is 21.2 Å². The lowest BCUT2D eigenvalue weighted by Crippen LogP contribution is -2.31. The molecule has 0 bridgehead atoms. The molecular formula is C14H18BrClN2. The van der Waals surface area contributed by atoms with Gasteiger partial charge in [-0.15, -0.1) is 0 Å². The van der Waals surface area contributed by atoms with Crippen molar-refractivity contribution in [2.45, 2.75) is 44.3 Å². The number of likely N-dealkylation sites (tertiary alicyclic amines) is 1. The molecule has 1 aliphatic heterocycles. The Morgan fingerprint density at radius 3 is 2.83 bits per heavy atom. The minimum atomic E-state index is 0.554. The molecule has 3 rings (SSSR count). The van der Waals surface area contributed by atoms with Gasteiger partial charge in [0.05, 0.1) is 0 Å². The zero-order valence-corrected chi connectivity index (χ0v) is 12.8. The summed E-state index contributed by atoms with van der Waals surface area (Å²) < 4.78 is 1.05. The molecular weight excluding hydrogens is 312 g/mol. The van der Waals surface area contributed by atoms with Crippen LogP contribution in [-0.2, 0) is 0 Å². The number of halogens is 2. The van der Waals surface area contributed by atoms with Crippen molar-refractivity contribution in [1.82, 2.24) is 4.90 Å².